The van der Waals surface area contributed by atoms with Gasteiger partial charge in [-0.05, 0) is 40.5 Å². The molecule has 0 radical (unpaired) electrons. The average molecular weight is 491 g/mol. The van der Waals surface area contributed by atoms with Gasteiger partial charge in [0.05, 0.1) is 0 Å². The second-order valence-electron chi connectivity index (χ2n) is 8.23. The lowest BCUT2D eigenvalue weighted by Gasteiger charge is -2.32. The Morgan fingerprint density at radius 3 is 1.23 bits per heavy atom. The van der Waals surface area contributed by atoms with Crippen LogP contribution in [0.4, 0.5) is 0 Å². The van der Waals surface area contributed by atoms with Crippen LogP contribution >= 0.6 is 18.5 Å². The van der Waals surface area contributed by atoms with E-state index in [9.17, 15) is 4.79 Å². The lowest BCUT2D eigenvalue weighted by molar-refractivity contribution is 0.106. The van der Waals surface area contributed by atoms with Gasteiger partial charge in [-0.2, -0.15) is 0 Å². The van der Waals surface area contributed by atoms with Crippen molar-refractivity contribution >= 4 is 45.5 Å². The van der Waals surface area contributed by atoms with E-state index < -0.39 is 6.89 Å². The zero-order valence-electron chi connectivity index (χ0n) is 19.1. The Kier molecular flexibility index (Phi) is 6.82. The Morgan fingerprint density at radius 2 is 0.829 bits per heavy atom. The quantitative estimate of drug-likeness (QED) is 0.190. The number of ketones is 1. The molecule has 0 saturated heterocycles. The van der Waals surface area contributed by atoms with E-state index in [1.807, 2.05) is 72.8 Å². The summed E-state index contributed by atoms with van der Waals surface area (Å²) in [6, 6.07) is 48.6. The van der Waals surface area contributed by atoms with Crippen LogP contribution in [0.1, 0.15) is 15.9 Å². The van der Waals surface area contributed by atoms with Gasteiger partial charge in [0, 0.05) is 15.9 Å². The van der Waals surface area contributed by atoms with Crippen LogP contribution in [0.15, 0.2) is 146 Å². The van der Waals surface area contributed by atoms with Gasteiger partial charge in [0.25, 0.3) is 0 Å². The molecule has 0 amide bonds. The number of rotatable bonds is 6. The number of hydrogen-bond donors (Lipinski definition) is 0. The van der Waals surface area contributed by atoms with Gasteiger partial charge < -0.3 is 0 Å². The van der Waals surface area contributed by atoms with Gasteiger partial charge >= 0.3 is 0 Å². The summed E-state index contributed by atoms with van der Waals surface area (Å²) in [5.74, 6) is 0.0258. The molecule has 0 aromatic heterocycles. The SMILES string of the molecule is O=C(C(c1ccc(Cl)cc1)=P(c1ccccc1)(c1ccccc1)c1ccccc1)c1ccccc1. The molecular formula is C32H24ClOP. The zero-order chi connectivity index (χ0) is 24.1. The second kappa shape index (κ2) is 10.3. The van der Waals surface area contributed by atoms with Crippen LogP contribution in [-0.4, -0.2) is 11.1 Å². The smallest absolute Gasteiger partial charge is 0.194 e. The van der Waals surface area contributed by atoms with Crippen LogP contribution in [0.3, 0.4) is 0 Å². The fourth-order valence-electron chi connectivity index (χ4n) is 4.60. The van der Waals surface area contributed by atoms with E-state index in [1.54, 1.807) is 0 Å². The van der Waals surface area contributed by atoms with Crippen LogP contribution in [0, 0.1) is 0 Å². The van der Waals surface area contributed by atoms with Gasteiger partial charge in [0.2, 0.25) is 0 Å². The number of hydrogen-bond acceptors (Lipinski definition) is 1. The van der Waals surface area contributed by atoms with Gasteiger partial charge in [-0.15, -0.1) is 0 Å². The van der Waals surface area contributed by atoms with Crippen LogP contribution < -0.4 is 15.9 Å². The van der Waals surface area contributed by atoms with E-state index in [0.29, 0.717) is 10.6 Å². The van der Waals surface area contributed by atoms with E-state index in [4.69, 9.17) is 11.6 Å². The molecule has 0 fully saturated rings. The van der Waals surface area contributed by atoms with E-state index >= 15 is 0 Å². The van der Waals surface area contributed by atoms with Crippen LogP contribution in [0.2, 0.25) is 5.02 Å². The molecule has 0 aliphatic rings. The highest BCUT2D eigenvalue weighted by Crippen LogP contribution is 2.48. The van der Waals surface area contributed by atoms with Gasteiger partial charge in [-0.25, -0.2) is 0 Å². The van der Waals surface area contributed by atoms with Crippen molar-refractivity contribution in [1.82, 2.24) is 0 Å². The van der Waals surface area contributed by atoms with Gasteiger partial charge in [-0.1, -0.05) is 145 Å². The minimum atomic E-state index is -2.60. The summed E-state index contributed by atoms with van der Waals surface area (Å²) in [5, 5.41) is 4.83. The first-order valence-corrected chi connectivity index (χ1v) is 13.7. The third-order valence-corrected chi connectivity index (χ3v) is 10.7. The molecule has 0 atom stereocenters. The van der Waals surface area contributed by atoms with Crippen molar-refractivity contribution in [2.75, 3.05) is 0 Å². The second-order valence-corrected chi connectivity index (χ2v) is 12.0. The average Bonchev–Trinajstić information content (AvgIpc) is 2.94. The number of carbonyl (C=O) groups is 1. The maximum Gasteiger partial charge on any atom is 0.194 e. The first-order valence-electron chi connectivity index (χ1n) is 11.5. The summed E-state index contributed by atoms with van der Waals surface area (Å²) in [6.07, 6.45) is 0. The Hall–Kier alpha value is -3.64. The predicted molar refractivity (Wildman–Crippen MR) is 151 cm³/mol. The summed E-state index contributed by atoms with van der Waals surface area (Å²) in [5.41, 5.74) is 1.55. The lowest BCUT2D eigenvalue weighted by atomic mass is 10.0. The molecular weight excluding hydrogens is 467 g/mol. The Bertz CT molecular complexity index is 1370. The van der Waals surface area contributed by atoms with E-state index in [0.717, 1.165) is 26.8 Å². The molecule has 0 aliphatic carbocycles. The molecule has 0 heterocycles. The monoisotopic (exact) mass is 490 g/mol. The molecule has 0 bridgehead atoms. The van der Waals surface area contributed by atoms with Crippen molar-refractivity contribution < 1.29 is 4.79 Å². The topological polar surface area (TPSA) is 17.1 Å². The highest BCUT2D eigenvalue weighted by Gasteiger charge is 2.34. The van der Waals surface area contributed by atoms with Crippen LogP contribution in [-0.2, 0) is 0 Å². The number of carbonyl (C=O) groups excluding carboxylic acids is 1. The largest absolute Gasteiger partial charge is 0.289 e. The Balaban J connectivity index is 2.05. The standard InChI is InChI=1S/C32H24ClOP/c33-27-23-21-26(22-24-27)32(31(34)25-13-5-1-6-14-25)35(28-15-7-2-8-16-28,29-17-9-3-10-18-29)30-19-11-4-12-20-30/h1-24H. The summed E-state index contributed by atoms with van der Waals surface area (Å²) in [4.78, 5) is 14.6. The van der Waals surface area contributed by atoms with Gasteiger partial charge in [0.15, 0.2) is 5.78 Å². The molecule has 170 valence electrons. The van der Waals surface area contributed by atoms with Crippen molar-refractivity contribution in [2.45, 2.75) is 0 Å². The maximum absolute atomic E-state index is 14.6. The minimum absolute atomic E-state index is 0.0258. The molecule has 0 aliphatic heterocycles. The Morgan fingerprint density at radius 1 is 0.457 bits per heavy atom. The van der Waals surface area contributed by atoms with E-state index in [2.05, 4.69) is 72.8 Å². The molecule has 0 unspecified atom stereocenters. The van der Waals surface area contributed by atoms with Crippen molar-refractivity contribution in [3.8, 4) is 0 Å². The van der Waals surface area contributed by atoms with Crippen molar-refractivity contribution in [1.29, 1.82) is 0 Å². The Labute approximate surface area is 211 Å². The fraction of sp³-hybridized carbons (Fsp3) is 0. The number of benzene rings is 5. The number of halogens is 1. The zero-order valence-corrected chi connectivity index (χ0v) is 20.7. The highest BCUT2D eigenvalue weighted by molar-refractivity contribution is 7.97. The van der Waals surface area contributed by atoms with Crippen molar-refractivity contribution in [3.63, 3.8) is 0 Å². The minimum Gasteiger partial charge on any atom is -0.289 e. The normalized spacial score (nSPS) is 11.1. The fourth-order valence-corrected chi connectivity index (χ4v) is 9.22. The van der Waals surface area contributed by atoms with E-state index in [1.165, 1.54) is 0 Å². The molecule has 1 nitrogen and oxygen atoms in total. The van der Waals surface area contributed by atoms with Crippen LogP contribution in [0.5, 0.6) is 0 Å². The molecule has 0 spiro atoms. The number of Topliss-reactive ketones (excluding diaryl/α,β-unsaturated/α-hetero) is 1. The summed E-state index contributed by atoms with van der Waals surface area (Å²) < 4.78 is 0. The molecule has 5 aromatic carbocycles. The summed E-state index contributed by atoms with van der Waals surface area (Å²) >= 11 is 6.29. The van der Waals surface area contributed by atoms with Gasteiger partial charge in [-0.3, -0.25) is 4.79 Å². The third-order valence-electron chi connectivity index (χ3n) is 6.13. The van der Waals surface area contributed by atoms with Gasteiger partial charge in [0.1, 0.15) is 0 Å². The molecule has 5 rings (SSSR count). The molecule has 5 aromatic rings. The molecule has 0 saturated carbocycles. The maximum atomic E-state index is 14.6. The van der Waals surface area contributed by atoms with Crippen LogP contribution in [0.25, 0.3) is 0 Å². The summed E-state index contributed by atoms with van der Waals surface area (Å²) in [6.45, 7) is -2.60. The first-order chi connectivity index (χ1) is 17.2. The van der Waals surface area contributed by atoms with Crippen molar-refractivity contribution in [2.24, 2.45) is 0 Å². The molecule has 0 N–H and O–H groups in total. The first kappa shape index (κ1) is 23.1. The highest BCUT2D eigenvalue weighted by atomic mass is 35.5. The van der Waals surface area contributed by atoms with Crippen molar-refractivity contribution in [3.05, 3.63) is 162 Å². The van der Waals surface area contributed by atoms with E-state index in [-0.39, 0.29) is 5.78 Å². The molecule has 35 heavy (non-hydrogen) atoms. The molecule has 3 heteroatoms. The summed E-state index contributed by atoms with van der Waals surface area (Å²) in [7, 11) is 0. The third kappa shape index (κ3) is 4.42. The predicted octanol–water partition coefficient (Wildman–Crippen LogP) is 6.74. The lowest BCUT2D eigenvalue weighted by Crippen LogP contribution is -2.34.